The topological polar surface area (TPSA) is 54.0 Å². The largest absolute Gasteiger partial charge is 0.334 e. The van der Waals surface area contributed by atoms with Crippen LogP contribution in [-0.2, 0) is 6.54 Å². The van der Waals surface area contributed by atoms with E-state index in [9.17, 15) is 13.6 Å². The molecule has 0 radical (unpaired) electrons. The molecule has 3 aromatic rings. The Hall–Kier alpha value is -2.80. The van der Waals surface area contributed by atoms with E-state index in [1.54, 1.807) is 29.6 Å². The van der Waals surface area contributed by atoms with E-state index in [1.165, 1.54) is 35.6 Å². The summed E-state index contributed by atoms with van der Waals surface area (Å²) in [5.74, 6) is -0.633. The number of carbonyl (C=O) groups is 1. The highest BCUT2D eigenvalue weighted by atomic mass is 32.1. The van der Waals surface area contributed by atoms with Crippen LogP contribution in [0.25, 0.3) is 11.3 Å². The fraction of sp³-hybridized carbons (Fsp3) is 0.0588. The third kappa shape index (κ3) is 4.14. The summed E-state index contributed by atoms with van der Waals surface area (Å²) in [6.45, 7) is 0.280. The van der Waals surface area contributed by atoms with E-state index < -0.39 is 6.03 Å². The van der Waals surface area contributed by atoms with E-state index >= 15 is 0 Å². The number of nitrogens with one attached hydrogen (secondary N) is 2. The molecule has 0 saturated heterocycles. The Labute approximate surface area is 141 Å². The molecular weight excluding hydrogens is 332 g/mol. The zero-order chi connectivity index (χ0) is 16.9. The molecule has 0 atom stereocenters. The van der Waals surface area contributed by atoms with Crippen LogP contribution >= 0.6 is 11.3 Å². The maximum Gasteiger partial charge on any atom is 0.321 e. The first kappa shape index (κ1) is 16.1. The Balaban J connectivity index is 1.57. The average molecular weight is 345 g/mol. The standard InChI is InChI=1S/C17H13F2N3OS/c18-13-5-1-11(2-6-13)9-20-16(23)22-17-21-15(10-24-17)12-3-7-14(19)8-4-12/h1-8,10H,9H2,(H2,20,21,22,23). The number of carbonyl (C=O) groups excluding carboxylic acids is 1. The van der Waals surface area contributed by atoms with Gasteiger partial charge < -0.3 is 5.32 Å². The molecular formula is C17H13F2N3OS. The summed E-state index contributed by atoms with van der Waals surface area (Å²) in [7, 11) is 0. The maximum absolute atomic E-state index is 12.9. The molecule has 1 heterocycles. The van der Waals surface area contributed by atoms with E-state index in [0.717, 1.165) is 11.1 Å². The number of urea groups is 1. The van der Waals surface area contributed by atoms with E-state index in [1.807, 2.05) is 0 Å². The van der Waals surface area contributed by atoms with Crippen LogP contribution in [0.3, 0.4) is 0 Å². The normalized spacial score (nSPS) is 10.4. The fourth-order valence-corrected chi connectivity index (χ4v) is 2.73. The van der Waals surface area contributed by atoms with Crippen LogP contribution in [-0.4, -0.2) is 11.0 Å². The molecule has 4 nitrogen and oxygen atoms in total. The first-order chi connectivity index (χ1) is 11.6. The number of thiazole rings is 1. The van der Waals surface area contributed by atoms with Gasteiger partial charge in [0, 0.05) is 17.5 Å². The third-order valence-electron chi connectivity index (χ3n) is 3.23. The molecule has 0 aliphatic carbocycles. The molecule has 0 spiro atoms. The minimum Gasteiger partial charge on any atom is -0.334 e. The summed E-state index contributed by atoms with van der Waals surface area (Å²) >= 11 is 1.27. The van der Waals surface area contributed by atoms with Crippen molar-refractivity contribution in [2.45, 2.75) is 6.54 Å². The summed E-state index contributed by atoms with van der Waals surface area (Å²) < 4.78 is 25.7. The highest BCUT2D eigenvalue weighted by Crippen LogP contribution is 2.24. The lowest BCUT2D eigenvalue weighted by atomic mass is 10.2. The lowest BCUT2D eigenvalue weighted by molar-refractivity contribution is 0.251. The van der Waals surface area contributed by atoms with Crippen molar-refractivity contribution in [2.24, 2.45) is 0 Å². The predicted octanol–water partition coefficient (Wildman–Crippen LogP) is 4.41. The molecule has 0 aliphatic heterocycles. The van der Waals surface area contributed by atoms with Crippen LogP contribution < -0.4 is 10.6 Å². The SMILES string of the molecule is O=C(NCc1ccc(F)cc1)Nc1nc(-c2ccc(F)cc2)cs1. The number of benzene rings is 2. The fourth-order valence-electron chi connectivity index (χ4n) is 2.01. The molecule has 1 aromatic heterocycles. The number of amides is 2. The first-order valence-electron chi connectivity index (χ1n) is 7.11. The Morgan fingerprint density at radius 1 is 1.00 bits per heavy atom. The smallest absolute Gasteiger partial charge is 0.321 e. The minimum atomic E-state index is -0.403. The van der Waals surface area contributed by atoms with Crippen LogP contribution in [0.1, 0.15) is 5.56 Å². The molecule has 0 aliphatic rings. The zero-order valence-electron chi connectivity index (χ0n) is 12.4. The summed E-state index contributed by atoms with van der Waals surface area (Å²) in [6.07, 6.45) is 0. The average Bonchev–Trinajstić information content (AvgIpc) is 3.03. The lowest BCUT2D eigenvalue weighted by Crippen LogP contribution is -2.28. The molecule has 0 fully saturated rings. The number of halogens is 2. The Morgan fingerprint density at radius 2 is 1.62 bits per heavy atom. The highest BCUT2D eigenvalue weighted by molar-refractivity contribution is 7.14. The van der Waals surface area contributed by atoms with Gasteiger partial charge in [0.1, 0.15) is 11.6 Å². The van der Waals surface area contributed by atoms with Crippen LogP contribution in [0.4, 0.5) is 18.7 Å². The van der Waals surface area contributed by atoms with Gasteiger partial charge in [-0.2, -0.15) is 0 Å². The van der Waals surface area contributed by atoms with Gasteiger partial charge in [-0.3, -0.25) is 5.32 Å². The molecule has 2 N–H and O–H groups in total. The summed E-state index contributed by atoms with van der Waals surface area (Å²) in [5.41, 5.74) is 2.22. The van der Waals surface area contributed by atoms with Gasteiger partial charge in [-0.1, -0.05) is 12.1 Å². The molecule has 2 aromatic carbocycles. The molecule has 24 heavy (non-hydrogen) atoms. The van der Waals surface area contributed by atoms with Gasteiger partial charge in [-0.15, -0.1) is 11.3 Å². The van der Waals surface area contributed by atoms with Gasteiger partial charge in [-0.25, -0.2) is 18.6 Å². The first-order valence-corrected chi connectivity index (χ1v) is 7.99. The lowest BCUT2D eigenvalue weighted by Gasteiger charge is -2.05. The quantitative estimate of drug-likeness (QED) is 0.736. The summed E-state index contributed by atoms with van der Waals surface area (Å²) in [5, 5.41) is 7.52. The van der Waals surface area contributed by atoms with Crippen LogP contribution in [0.5, 0.6) is 0 Å². The number of hydrogen-bond acceptors (Lipinski definition) is 3. The molecule has 0 bridgehead atoms. The highest BCUT2D eigenvalue weighted by Gasteiger charge is 2.08. The second-order valence-corrected chi connectivity index (χ2v) is 5.84. The number of anilines is 1. The van der Waals surface area contributed by atoms with Gasteiger partial charge in [0.15, 0.2) is 5.13 Å². The van der Waals surface area contributed by atoms with Crippen molar-refractivity contribution >= 4 is 22.5 Å². The predicted molar refractivity (Wildman–Crippen MR) is 89.8 cm³/mol. The number of aromatic nitrogens is 1. The van der Waals surface area contributed by atoms with Crippen molar-refractivity contribution in [1.82, 2.24) is 10.3 Å². The Morgan fingerprint density at radius 3 is 2.29 bits per heavy atom. The third-order valence-corrected chi connectivity index (χ3v) is 3.99. The second kappa shape index (κ2) is 7.18. The van der Waals surface area contributed by atoms with Crippen molar-refractivity contribution in [2.75, 3.05) is 5.32 Å². The van der Waals surface area contributed by atoms with Gasteiger partial charge in [-0.05, 0) is 42.0 Å². The van der Waals surface area contributed by atoms with Crippen molar-refractivity contribution < 1.29 is 13.6 Å². The van der Waals surface area contributed by atoms with Crippen LogP contribution in [0, 0.1) is 11.6 Å². The monoisotopic (exact) mass is 345 g/mol. The van der Waals surface area contributed by atoms with Crippen molar-refractivity contribution in [3.63, 3.8) is 0 Å². The van der Waals surface area contributed by atoms with E-state index in [2.05, 4.69) is 15.6 Å². The van der Waals surface area contributed by atoms with Crippen LogP contribution in [0.15, 0.2) is 53.9 Å². The van der Waals surface area contributed by atoms with E-state index in [-0.39, 0.29) is 18.2 Å². The molecule has 0 unspecified atom stereocenters. The van der Waals surface area contributed by atoms with E-state index in [0.29, 0.717) is 10.8 Å². The van der Waals surface area contributed by atoms with Gasteiger partial charge >= 0.3 is 6.03 Å². The van der Waals surface area contributed by atoms with Crippen molar-refractivity contribution in [3.8, 4) is 11.3 Å². The summed E-state index contributed by atoms with van der Waals surface area (Å²) in [6, 6.07) is 11.5. The molecule has 3 rings (SSSR count). The van der Waals surface area contributed by atoms with Gasteiger partial charge in [0.2, 0.25) is 0 Å². The Kier molecular flexibility index (Phi) is 4.81. The Bertz CT molecular complexity index is 832. The number of nitrogens with zero attached hydrogens (tertiary/aromatic N) is 1. The number of rotatable bonds is 4. The molecule has 0 saturated carbocycles. The molecule has 122 valence electrons. The number of hydrogen-bond donors (Lipinski definition) is 2. The minimum absolute atomic E-state index is 0.280. The van der Waals surface area contributed by atoms with Gasteiger partial charge in [0.25, 0.3) is 0 Å². The molecule has 7 heteroatoms. The molecule has 2 amide bonds. The van der Waals surface area contributed by atoms with E-state index in [4.69, 9.17) is 0 Å². The maximum atomic E-state index is 12.9. The van der Waals surface area contributed by atoms with Gasteiger partial charge in [0.05, 0.1) is 5.69 Å². The van der Waals surface area contributed by atoms with Crippen LogP contribution in [0.2, 0.25) is 0 Å². The summed E-state index contributed by atoms with van der Waals surface area (Å²) in [4.78, 5) is 16.2. The zero-order valence-corrected chi connectivity index (χ0v) is 13.2. The van der Waals surface area contributed by atoms with Crippen molar-refractivity contribution in [1.29, 1.82) is 0 Å². The second-order valence-electron chi connectivity index (χ2n) is 4.98. The van der Waals surface area contributed by atoms with Crippen molar-refractivity contribution in [3.05, 3.63) is 71.1 Å².